The molecule has 0 aromatic heterocycles. The minimum atomic E-state index is -0.769. The summed E-state index contributed by atoms with van der Waals surface area (Å²) in [6.45, 7) is 1.82. The van der Waals surface area contributed by atoms with Crippen molar-refractivity contribution < 1.29 is 9.53 Å². The normalized spacial score (nSPS) is 39.5. The van der Waals surface area contributed by atoms with E-state index < -0.39 is 5.54 Å². The third-order valence-electron chi connectivity index (χ3n) is 4.13. The second kappa shape index (κ2) is 3.23. The summed E-state index contributed by atoms with van der Waals surface area (Å²) in [5.74, 6) is 1.57. The molecule has 0 radical (unpaired) electrons. The lowest BCUT2D eigenvalue weighted by Gasteiger charge is -2.34. The lowest BCUT2D eigenvalue weighted by atomic mass is 9.75. The highest BCUT2D eigenvalue weighted by molar-refractivity contribution is 5.80. The quantitative estimate of drug-likeness (QED) is 0.679. The molecule has 2 N–H and O–H groups in total. The van der Waals surface area contributed by atoms with Gasteiger partial charge in [0.15, 0.2) is 0 Å². The molecule has 0 spiro atoms. The van der Waals surface area contributed by atoms with Crippen molar-refractivity contribution in [1.29, 1.82) is 0 Å². The van der Waals surface area contributed by atoms with E-state index in [9.17, 15) is 4.79 Å². The first-order valence-corrected chi connectivity index (χ1v) is 5.43. The molecule has 2 rings (SSSR count). The Morgan fingerprint density at radius 3 is 2.57 bits per heavy atom. The molecule has 80 valence electrons. The smallest absolute Gasteiger partial charge is 0.325 e. The fourth-order valence-electron chi connectivity index (χ4n) is 3.35. The molecule has 2 saturated carbocycles. The molecule has 4 atom stereocenters. The van der Waals surface area contributed by atoms with E-state index in [1.807, 2.05) is 6.92 Å². The highest BCUT2D eigenvalue weighted by Crippen LogP contribution is 2.51. The molecular weight excluding hydrogens is 178 g/mol. The largest absolute Gasteiger partial charge is 0.468 e. The first kappa shape index (κ1) is 9.97. The van der Waals surface area contributed by atoms with Crippen molar-refractivity contribution in [3.8, 4) is 0 Å². The second-order valence-corrected chi connectivity index (χ2v) is 5.06. The Kier molecular flexibility index (Phi) is 2.30. The molecule has 3 heteroatoms. The van der Waals surface area contributed by atoms with Gasteiger partial charge in [0.1, 0.15) is 5.54 Å². The molecule has 0 amide bonds. The molecule has 4 unspecified atom stereocenters. The molecule has 2 aliphatic rings. The number of rotatable bonds is 2. The predicted molar refractivity (Wildman–Crippen MR) is 53.5 cm³/mol. The van der Waals surface area contributed by atoms with Gasteiger partial charge in [-0.15, -0.1) is 0 Å². The number of ether oxygens (including phenoxy) is 1. The maximum Gasteiger partial charge on any atom is 0.325 e. The van der Waals surface area contributed by atoms with Crippen LogP contribution in [0.5, 0.6) is 0 Å². The summed E-state index contributed by atoms with van der Waals surface area (Å²) in [6, 6.07) is 0. The van der Waals surface area contributed by atoms with Gasteiger partial charge < -0.3 is 10.5 Å². The number of carbonyl (C=O) groups is 1. The molecule has 0 aromatic rings. The zero-order valence-corrected chi connectivity index (χ0v) is 8.95. The van der Waals surface area contributed by atoms with Gasteiger partial charge in [-0.3, -0.25) is 4.79 Å². The number of hydrogen-bond donors (Lipinski definition) is 1. The van der Waals surface area contributed by atoms with Crippen molar-refractivity contribution in [1.82, 2.24) is 0 Å². The zero-order chi connectivity index (χ0) is 10.3. The monoisotopic (exact) mass is 197 g/mol. The first-order chi connectivity index (χ1) is 6.55. The van der Waals surface area contributed by atoms with Gasteiger partial charge in [0.25, 0.3) is 0 Å². The lowest BCUT2D eigenvalue weighted by molar-refractivity contribution is -0.149. The van der Waals surface area contributed by atoms with Crippen molar-refractivity contribution in [2.75, 3.05) is 7.11 Å². The summed E-state index contributed by atoms with van der Waals surface area (Å²) in [5, 5.41) is 0. The van der Waals surface area contributed by atoms with Gasteiger partial charge in [0, 0.05) is 0 Å². The Bertz CT molecular complexity index is 250. The van der Waals surface area contributed by atoms with Crippen LogP contribution in [0.25, 0.3) is 0 Å². The molecule has 0 saturated heterocycles. The zero-order valence-electron chi connectivity index (χ0n) is 8.95. The van der Waals surface area contributed by atoms with Crippen LogP contribution in [-0.4, -0.2) is 18.6 Å². The lowest BCUT2D eigenvalue weighted by Crippen LogP contribution is -2.53. The summed E-state index contributed by atoms with van der Waals surface area (Å²) in [4.78, 5) is 11.5. The predicted octanol–water partition coefficient (Wildman–Crippen LogP) is 1.31. The summed E-state index contributed by atoms with van der Waals surface area (Å²) >= 11 is 0. The van der Waals surface area contributed by atoms with Crippen LogP contribution in [0, 0.1) is 17.8 Å². The Balaban J connectivity index is 2.11. The average molecular weight is 197 g/mol. The number of carbonyl (C=O) groups excluding carboxylic acids is 1. The van der Waals surface area contributed by atoms with Gasteiger partial charge in [0.05, 0.1) is 7.11 Å². The summed E-state index contributed by atoms with van der Waals surface area (Å²) in [6.07, 6.45) is 4.97. The molecule has 0 heterocycles. The minimum absolute atomic E-state index is 0.255. The van der Waals surface area contributed by atoms with Crippen LogP contribution in [0.3, 0.4) is 0 Å². The SMILES string of the molecule is COC(=O)C(C)(N)C1CC2CCC1C2. The van der Waals surface area contributed by atoms with E-state index in [1.165, 1.54) is 26.4 Å². The van der Waals surface area contributed by atoms with E-state index in [4.69, 9.17) is 10.5 Å². The van der Waals surface area contributed by atoms with Crippen LogP contribution in [-0.2, 0) is 9.53 Å². The highest BCUT2D eigenvalue weighted by atomic mass is 16.5. The highest BCUT2D eigenvalue weighted by Gasteiger charge is 2.50. The molecular formula is C11H19NO2. The van der Waals surface area contributed by atoms with Crippen LogP contribution in [0.1, 0.15) is 32.6 Å². The summed E-state index contributed by atoms with van der Waals surface area (Å²) < 4.78 is 4.77. The van der Waals surface area contributed by atoms with Crippen LogP contribution in [0.2, 0.25) is 0 Å². The fraction of sp³-hybridized carbons (Fsp3) is 0.909. The molecule has 3 nitrogen and oxygen atoms in total. The standard InChI is InChI=1S/C11H19NO2/c1-11(12,10(13)14-2)9-6-7-3-4-8(9)5-7/h7-9H,3-6,12H2,1-2H3. The average Bonchev–Trinajstić information content (AvgIpc) is 2.77. The summed E-state index contributed by atoms with van der Waals surface area (Å²) in [7, 11) is 1.42. The maximum atomic E-state index is 11.5. The number of esters is 1. The Morgan fingerprint density at radius 2 is 2.14 bits per heavy atom. The molecule has 2 bridgehead atoms. The van der Waals surface area contributed by atoms with Crippen LogP contribution in [0.15, 0.2) is 0 Å². The van der Waals surface area contributed by atoms with Gasteiger partial charge in [0.2, 0.25) is 0 Å². The van der Waals surface area contributed by atoms with Crippen LogP contribution in [0.4, 0.5) is 0 Å². The van der Waals surface area contributed by atoms with E-state index in [2.05, 4.69) is 0 Å². The van der Waals surface area contributed by atoms with Crippen molar-refractivity contribution >= 4 is 5.97 Å². The van der Waals surface area contributed by atoms with Crippen molar-refractivity contribution in [2.45, 2.75) is 38.1 Å². The number of hydrogen-bond acceptors (Lipinski definition) is 3. The van der Waals surface area contributed by atoms with Gasteiger partial charge in [-0.1, -0.05) is 6.42 Å². The van der Waals surface area contributed by atoms with Crippen molar-refractivity contribution in [2.24, 2.45) is 23.5 Å². The topological polar surface area (TPSA) is 52.3 Å². The van der Waals surface area contributed by atoms with E-state index >= 15 is 0 Å². The van der Waals surface area contributed by atoms with Crippen molar-refractivity contribution in [3.63, 3.8) is 0 Å². The Labute approximate surface area is 85.0 Å². The second-order valence-electron chi connectivity index (χ2n) is 5.06. The molecule has 0 aliphatic heterocycles. The van der Waals surface area contributed by atoms with Crippen LogP contribution >= 0.6 is 0 Å². The molecule has 14 heavy (non-hydrogen) atoms. The fourth-order valence-corrected chi connectivity index (χ4v) is 3.35. The first-order valence-electron chi connectivity index (χ1n) is 5.43. The molecule has 2 aliphatic carbocycles. The van der Waals surface area contributed by atoms with Gasteiger partial charge >= 0.3 is 5.97 Å². The van der Waals surface area contributed by atoms with E-state index in [-0.39, 0.29) is 5.97 Å². The summed E-state index contributed by atoms with van der Waals surface area (Å²) in [5.41, 5.74) is 5.32. The number of methoxy groups -OCH3 is 1. The van der Waals surface area contributed by atoms with Crippen molar-refractivity contribution in [3.05, 3.63) is 0 Å². The minimum Gasteiger partial charge on any atom is -0.468 e. The maximum absolute atomic E-state index is 11.5. The number of nitrogens with two attached hydrogens (primary N) is 1. The van der Waals surface area contributed by atoms with Gasteiger partial charge in [-0.2, -0.15) is 0 Å². The van der Waals surface area contributed by atoms with Gasteiger partial charge in [-0.05, 0) is 43.9 Å². The molecule has 2 fully saturated rings. The van der Waals surface area contributed by atoms with Gasteiger partial charge in [-0.25, -0.2) is 0 Å². The third-order valence-corrected chi connectivity index (χ3v) is 4.13. The Morgan fingerprint density at radius 1 is 1.43 bits per heavy atom. The number of fused-ring (bicyclic) bond motifs is 2. The molecule has 0 aromatic carbocycles. The van der Waals surface area contributed by atoms with Crippen LogP contribution < -0.4 is 5.73 Å². The van der Waals surface area contributed by atoms with E-state index in [1.54, 1.807) is 0 Å². The Hall–Kier alpha value is -0.570. The third kappa shape index (κ3) is 1.34. The van der Waals surface area contributed by atoms with E-state index in [0.717, 1.165) is 12.3 Å². The van der Waals surface area contributed by atoms with E-state index in [0.29, 0.717) is 11.8 Å².